The number of hydrogen-bond acceptors (Lipinski definition) is 4. The van der Waals surface area contributed by atoms with Crippen LogP contribution in [-0.2, 0) is 16.1 Å². The van der Waals surface area contributed by atoms with Gasteiger partial charge in [0.2, 0.25) is 11.8 Å². The average Bonchev–Trinajstić information content (AvgIpc) is 3.38. The maximum Gasteiger partial charge on any atom is 0.242 e. The molecule has 1 atom stereocenters. The summed E-state index contributed by atoms with van der Waals surface area (Å²) in [5.41, 5.74) is 2.58. The molecule has 1 aromatic heterocycles. The second-order valence-corrected chi connectivity index (χ2v) is 8.32. The van der Waals surface area contributed by atoms with E-state index in [9.17, 15) is 9.59 Å². The van der Waals surface area contributed by atoms with Crippen LogP contribution < -0.4 is 9.64 Å². The lowest BCUT2D eigenvalue weighted by Gasteiger charge is -2.20. The van der Waals surface area contributed by atoms with E-state index in [0.717, 1.165) is 41.9 Å². The molecule has 32 heavy (non-hydrogen) atoms. The first kappa shape index (κ1) is 21.9. The molecule has 1 saturated heterocycles. The molecular weight excluding hydrogens is 404 g/mol. The first-order valence-electron chi connectivity index (χ1n) is 11.1. The lowest BCUT2D eigenvalue weighted by molar-refractivity contribution is -0.130. The van der Waals surface area contributed by atoms with E-state index in [0.29, 0.717) is 18.7 Å². The molecule has 4 rings (SSSR count). The summed E-state index contributed by atoms with van der Waals surface area (Å²) in [6.45, 7) is 3.60. The van der Waals surface area contributed by atoms with Gasteiger partial charge in [-0.3, -0.25) is 9.59 Å². The van der Waals surface area contributed by atoms with Crippen LogP contribution in [0.15, 0.2) is 48.5 Å². The normalized spacial score (nSPS) is 16.0. The van der Waals surface area contributed by atoms with Crippen molar-refractivity contribution >= 4 is 28.5 Å². The van der Waals surface area contributed by atoms with Crippen molar-refractivity contribution in [1.29, 1.82) is 0 Å². The van der Waals surface area contributed by atoms with Crippen LogP contribution in [0.4, 0.5) is 5.69 Å². The third-order valence-corrected chi connectivity index (χ3v) is 6.11. The Bertz CT molecular complexity index is 1120. The van der Waals surface area contributed by atoms with Crippen molar-refractivity contribution in [2.75, 3.05) is 32.1 Å². The Balaban J connectivity index is 1.63. The fourth-order valence-corrected chi connectivity index (χ4v) is 4.26. The van der Waals surface area contributed by atoms with Crippen LogP contribution >= 0.6 is 0 Å². The van der Waals surface area contributed by atoms with Crippen LogP contribution in [-0.4, -0.2) is 53.5 Å². The van der Waals surface area contributed by atoms with E-state index in [1.807, 2.05) is 60.1 Å². The number of para-hydroxylation sites is 2. The van der Waals surface area contributed by atoms with Gasteiger partial charge in [-0.25, -0.2) is 4.98 Å². The molecule has 1 fully saturated rings. The second kappa shape index (κ2) is 9.42. The Morgan fingerprint density at radius 1 is 1.22 bits per heavy atom. The first-order chi connectivity index (χ1) is 15.5. The fraction of sp³-hybridized carbons (Fsp3) is 0.400. The predicted molar refractivity (Wildman–Crippen MR) is 125 cm³/mol. The number of aromatic nitrogens is 2. The molecule has 3 aromatic rings. The number of amides is 2. The molecule has 0 aliphatic carbocycles. The van der Waals surface area contributed by atoms with Crippen molar-refractivity contribution in [3.05, 3.63) is 54.4 Å². The quantitative estimate of drug-likeness (QED) is 0.541. The third-order valence-electron chi connectivity index (χ3n) is 6.11. The molecule has 0 unspecified atom stereocenters. The largest absolute Gasteiger partial charge is 0.497 e. The number of ether oxygens (including phenoxy) is 1. The molecule has 2 aromatic carbocycles. The summed E-state index contributed by atoms with van der Waals surface area (Å²) in [5.74, 6) is 1.52. The zero-order valence-corrected chi connectivity index (χ0v) is 19.0. The van der Waals surface area contributed by atoms with Gasteiger partial charge in [-0.15, -0.1) is 0 Å². The smallest absolute Gasteiger partial charge is 0.242 e. The van der Waals surface area contributed by atoms with E-state index in [1.165, 1.54) is 0 Å². The molecular formula is C25H30N4O3. The van der Waals surface area contributed by atoms with Gasteiger partial charge in [0.15, 0.2) is 0 Å². The van der Waals surface area contributed by atoms with Gasteiger partial charge in [-0.1, -0.05) is 31.5 Å². The van der Waals surface area contributed by atoms with E-state index in [2.05, 4.69) is 6.92 Å². The number of anilines is 1. The van der Waals surface area contributed by atoms with Gasteiger partial charge in [0, 0.05) is 44.2 Å². The summed E-state index contributed by atoms with van der Waals surface area (Å²) in [7, 11) is 3.46. The van der Waals surface area contributed by atoms with E-state index in [4.69, 9.17) is 9.72 Å². The van der Waals surface area contributed by atoms with Crippen LogP contribution in [0.5, 0.6) is 5.75 Å². The Morgan fingerprint density at radius 2 is 2.03 bits per heavy atom. The Hall–Kier alpha value is -3.35. The minimum absolute atomic E-state index is 0.0493. The van der Waals surface area contributed by atoms with E-state index >= 15 is 0 Å². The number of likely N-dealkylation sites (N-methyl/N-ethyl adjacent to an activating group) is 1. The van der Waals surface area contributed by atoms with Gasteiger partial charge >= 0.3 is 0 Å². The Morgan fingerprint density at radius 3 is 2.81 bits per heavy atom. The zero-order chi connectivity index (χ0) is 22.7. The highest BCUT2D eigenvalue weighted by Gasteiger charge is 2.35. The number of rotatable bonds is 8. The highest BCUT2D eigenvalue weighted by Crippen LogP contribution is 2.34. The lowest BCUT2D eigenvalue weighted by Crippen LogP contribution is -2.32. The highest BCUT2D eigenvalue weighted by atomic mass is 16.5. The molecule has 1 aliphatic heterocycles. The molecule has 168 valence electrons. The van der Waals surface area contributed by atoms with Crippen molar-refractivity contribution in [3.8, 4) is 5.75 Å². The van der Waals surface area contributed by atoms with Crippen LogP contribution in [0.2, 0.25) is 0 Å². The number of hydrogen-bond donors (Lipinski definition) is 0. The predicted octanol–water partition coefficient (Wildman–Crippen LogP) is 3.82. The molecule has 0 spiro atoms. The van der Waals surface area contributed by atoms with Gasteiger partial charge in [0.25, 0.3) is 0 Å². The summed E-state index contributed by atoms with van der Waals surface area (Å²) in [4.78, 5) is 34.3. The minimum Gasteiger partial charge on any atom is -0.497 e. The van der Waals surface area contributed by atoms with Crippen molar-refractivity contribution in [3.63, 3.8) is 0 Å². The van der Waals surface area contributed by atoms with E-state index < -0.39 is 0 Å². The van der Waals surface area contributed by atoms with Crippen LogP contribution in [0.1, 0.15) is 37.9 Å². The topological polar surface area (TPSA) is 67.7 Å². The van der Waals surface area contributed by atoms with Crippen molar-refractivity contribution in [1.82, 2.24) is 14.5 Å². The summed E-state index contributed by atoms with van der Waals surface area (Å²) in [6.07, 6.45) is 2.38. The number of carbonyl (C=O) groups is 2. The van der Waals surface area contributed by atoms with Crippen molar-refractivity contribution in [2.24, 2.45) is 0 Å². The van der Waals surface area contributed by atoms with Crippen LogP contribution in [0.25, 0.3) is 11.0 Å². The highest BCUT2D eigenvalue weighted by molar-refractivity contribution is 5.96. The van der Waals surface area contributed by atoms with Crippen molar-refractivity contribution < 1.29 is 14.3 Å². The lowest BCUT2D eigenvalue weighted by atomic mass is 10.1. The van der Waals surface area contributed by atoms with E-state index in [1.54, 1.807) is 16.9 Å². The molecule has 0 saturated carbocycles. The number of imidazole rings is 1. The molecule has 2 heterocycles. The number of fused-ring (bicyclic) bond motifs is 1. The molecule has 7 heteroatoms. The van der Waals surface area contributed by atoms with Gasteiger partial charge in [0.1, 0.15) is 18.1 Å². The third kappa shape index (κ3) is 4.33. The summed E-state index contributed by atoms with van der Waals surface area (Å²) in [5, 5.41) is 0. The molecule has 0 N–H and O–H groups in total. The summed E-state index contributed by atoms with van der Waals surface area (Å²) < 4.78 is 7.31. The number of nitrogens with zero attached hydrogens (tertiary/aromatic N) is 4. The first-order valence-corrected chi connectivity index (χ1v) is 11.1. The average molecular weight is 435 g/mol. The molecule has 0 radical (unpaired) electrons. The SMILES string of the molecule is CCCCN(C)C(=O)Cn1c([C@H]2CC(=O)N(c3cccc(OC)c3)C2)nc2ccccc21. The van der Waals surface area contributed by atoms with Gasteiger partial charge in [-0.2, -0.15) is 0 Å². The number of benzene rings is 2. The standard InChI is InChI=1S/C25H30N4O3/c1-4-5-13-27(2)24(31)17-29-22-12-7-6-11-21(22)26-25(29)18-14-23(30)28(16-18)19-9-8-10-20(15-19)32-3/h6-12,15,18H,4-5,13-14,16-17H2,1-3H3/t18-/m0/s1. The molecule has 2 amide bonds. The monoisotopic (exact) mass is 434 g/mol. The van der Waals surface area contributed by atoms with Gasteiger partial charge in [-0.05, 0) is 30.7 Å². The minimum atomic E-state index is -0.0881. The molecule has 1 aliphatic rings. The molecule has 0 bridgehead atoms. The zero-order valence-electron chi connectivity index (χ0n) is 19.0. The van der Waals surface area contributed by atoms with Crippen LogP contribution in [0.3, 0.4) is 0 Å². The Labute approximate surface area is 188 Å². The number of carbonyl (C=O) groups excluding carboxylic acids is 2. The van der Waals surface area contributed by atoms with Gasteiger partial charge < -0.3 is 19.1 Å². The molecule has 7 nitrogen and oxygen atoms in total. The summed E-state index contributed by atoms with van der Waals surface area (Å²) >= 11 is 0. The maximum absolute atomic E-state index is 12.9. The fourth-order valence-electron chi connectivity index (χ4n) is 4.26. The number of methoxy groups -OCH3 is 1. The number of unbranched alkanes of at least 4 members (excludes halogenated alkanes) is 1. The van der Waals surface area contributed by atoms with Crippen LogP contribution in [0, 0.1) is 0 Å². The Kier molecular flexibility index (Phi) is 6.44. The second-order valence-electron chi connectivity index (χ2n) is 8.32. The van der Waals surface area contributed by atoms with Crippen molar-refractivity contribution in [2.45, 2.75) is 38.6 Å². The summed E-state index contributed by atoms with van der Waals surface area (Å²) in [6, 6.07) is 15.4. The van der Waals surface area contributed by atoms with Gasteiger partial charge in [0.05, 0.1) is 18.1 Å². The van der Waals surface area contributed by atoms with E-state index in [-0.39, 0.29) is 24.3 Å². The maximum atomic E-state index is 12.9.